The van der Waals surface area contributed by atoms with Crippen molar-refractivity contribution in [2.75, 3.05) is 17.6 Å². The molecule has 0 radical (unpaired) electrons. The Morgan fingerprint density at radius 3 is 3.00 bits per heavy atom. The van der Waals surface area contributed by atoms with Gasteiger partial charge in [-0.15, -0.1) is 0 Å². The number of aromatic nitrogens is 1. The van der Waals surface area contributed by atoms with Crippen molar-refractivity contribution >= 4 is 27.4 Å². The standard InChI is InChI=1S/C7H10BrN3/c1-2-10-7-6(8)3-5(9)4-11-7/h3-4H,2,9H2,1H3,(H,10,11). The van der Waals surface area contributed by atoms with Crippen LogP contribution in [0.4, 0.5) is 11.5 Å². The van der Waals surface area contributed by atoms with Crippen LogP contribution < -0.4 is 11.1 Å². The first-order chi connectivity index (χ1) is 5.24. The molecule has 0 atom stereocenters. The highest BCUT2D eigenvalue weighted by Crippen LogP contribution is 2.21. The second-order valence-corrected chi connectivity index (χ2v) is 2.98. The number of nitrogen functional groups attached to an aromatic ring is 1. The van der Waals surface area contributed by atoms with E-state index in [1.165, 1.54) is 0 Å². The predicted molar refractivity (Wildman–Crippen MR) is 50.5 cm³/mol. The Balaban J connectivity index is 2.90. The van der Waals surface area contributed by atoms with Crippen molar-refractivity contribution in [1.29, 1.82) is 0 Å². The molecule has 1 aromatic rings. The first-order valence-electron chi connectivity index (χ1n) is 3.39. The van der Waals surface area contributed by atoms with Crippen LogP contribution in [0.15, 0.2) is 16.7 Å². The zero-order valence-corrected chi connectivity index (χ0v) is 7.85. The molecule has 11 heavy (non-hydrogen) atoms. The van der Waals surface area contributed by atoms with Crippen molar-refractivity contribution in [1.82, 2.24) is 4.98 Å². The lowest BCUT2D eigenvalue weighted by Crippen LogP contribution is -2.00. The largest absolute Gasteiger partial charge is 0.397 e. The van der Waals surface area contributed by atoms with Crippen LogP contribution in [-0.2, 0) is 0 Å². The lowest BCUT2D eigenvalue weighted by molar-refractivity contribution is 1.15. The van der Waals surface area contributed by atoms with Gasteiger partial charge in [0.2, 0.25) is 0 Å². The van der Waals surface area contributed by atoms with Gasteiger partial charge >= 0.3 is 0 Å². The number of nitrogens with one attached hydrogen (secondary N) is 1. The molecule has 1 rings (SSSR count). The van der Waals surface area contributed by atoms with Crippen molar-refractivity contribution in [3.63, 3.8) is 0 Å². The zero-order chi connectivity index (χ0) is 8.27. The van der Waals surface area contributed by atoms with Crippen molar-refractivity contribution in [2.24, 2.45) is 0 Å². The number of nitrogens with zero attached hydrogens (tertiary/aromatic N) is 1. The molecule has 3 N–H and O–H groups in total. The van der Waals surface area contributed by atoms with E-state index in [1.807, 2.05) is 13.0 Å². The average Bonchev–Trinajstić information content (AvgIpc) is 1.95. The molecule has 0 saturated carbocycles. The fourth-order valence-corrected chi connectivity index (χ4v) is 1.26. The third-order valence-electron chi connectivity index (χ3n) is 1.21. The molecule has 4 heteroatoms. The van der Waals surface area contributed by atoms with Crippen LogP contribution in [0.5, 0.6) is 0 Å². The van der Waals surface area contributed by atoms with E-state index < -0.39 is 0 Å². The van der Waals surface area contributed by atoms with E-state index >= 15 is 0 Å². The third-order valence-corrected chi connectivity index (χ3v) is 1.81. The van der Waals surface area contributed by atoms with Gasteiger partial charge in [-0.2, -0.15) is 0 Å². The first-order valence-corrected chi connectivity index (χ1v) is 4.18. The Labute approximate surface area is 74.1 Å². The highest BCUT2D eigenvalue weighted by molar-refractivity contribution is 9.10. The second kappa shape index (κ2) is 3.57. The summed E-state index contributed by atoms with van der Waals surface area (Å²) in [6.07, 6.45) is 1.63. The molecular formula is C7H10BrN3. The van der Waals surface area contributed by atoms with E-state index in [4.69, 9.17) is 5.73 Å². The lowest BCUT2D eigenvalue weighted by Gasteiger charge is -2.04. The van der Waals surface area contributed by atoms with E-state index in [9.17, 15) is 0 Å². The van der Waals surface area contributed by atoms with Gasteiger partial charge in [-0.05, 0) is 28.9 Å². The van der Waals surface area contributed by atoms with Gasteiger partial charge in [0, 0.05) is 6.54 Å². The van der Waals surface area contributed by atoms with Gasteiger partial charge in [0.1, 0.15) is 5.82 Å². The lowest BCUT2D eigenvalue weighted by atomic mass is 10.4. The zero-order valence-electron chi connectivity index (χ0n) is 6.26. The number of pyridine rings is 1. The minimum atomic E-state index is 0.665. The maximum absolute atomic E-state index is 5.50. The fourth-order valence-electron chi connectivity index (χ4n) is 0.750. The Bertz CT molecular complexity index is 249. The smallest absolute Gasteiger partial charge is 0.140 e. The minimum absolute atomic E-state index is 0.665. The monoisotopic (exact) mass is 215 g/mol. The summed E-state index contributed by atoms with van der Waals surface area (Å²) < 4.78 is 0.902. The minimum Gasteiger partial charge on any atom is -0.397 e. The van der Waals surface area contributed by atoms with Crippen LogP contribution >= 0.6 is 15.9 Å². The summed E-state index contributed by atoms with van der Waals surface area (Å²) in [4.78, 5) is 4.08. The summed E-state index contributed by atoms with van der Waals surface area (Å²) in [6.45, 7) is 2.87. The van der Waals surface area contributed by atoms with Crippen LogP contribution in [0.2, 0.25) is 0 Å². The topological polar surface area (TPSA) is 50.9 Å². The van der Waals surface area contributed by atoms with Gasteiger partial charge in [-0.25, -0.2) is 4.98 Å². The molecule has 0 spiro atoms. The van der Waals surface area contributed by atoms with Gasteiger partial charge in [-0.3, -0.25) is 0 Å². The third kappa shape index (κ3) is 2.08. The second-order valence-electron chi connectivity index (χ2n) is 2.13. The summed E-state index contributed by atoms with van der Waals surface area (Å²) in [5.41, 5.74) is 6.17. The Kier molecular flexibility index (Phi) is 2.70. The molecule has 0 aliphatic rings. The molecule has 1 heterocycles. The summed E-state index contributed by atoms with van der Waals surface area (Å²) >= 11 is 3.34. The fraction of sp³-hybridized carbons (Fsp3) is 0.286. The normalized spacial score (nSPS) is 9.64. The highest BCUT2D eigenvalue weighted by atomic mass is 79.9. The molecule has 0 aromatic carbocycles. The van der Waals surface area contributed by atoms with E-state index in [-0.39, 0.29) is 0 Å². The Hall–Kier alpha value is -0.770. The Morgan fingerprint density at radius 1 is 1.73 bits per heavy atom. The number of hydrogen-bond acceptors (Lipinski definition) is 3. The molecule has 0 saturated heterocycles. The van der Waals surface area contributed by atoms with Crippen molar-refractivity contribution in [2.45, 2.75) is 6.92 Å². The number of anilines is 2. The maximum Gasteiger partial charge on any atom is 0.140 e. The van der Waals surface area contributed by atoms with Crippen LogP contribution in [-0.4, -0.2) is 11.5 Å². The van der Waals surface area contributed by atoms with Crippen molar-refractivity contribution in [3.8, 4) is 0 Å². The van der Waals surface area contributed by atoms with Crippen LogP contribution in [0.25, 0.3) is 0 Å². The molecule has 0 fully saturated rings. The van der Waals surface area contributed by atoms with Gasteiger partial charge in [-0.1, -0.05) is 0 Å². The highest BCUT2D eigenvalue weighted by Gasteiger charge is 1.98. The maximum atomic E-state index is 5.50. The average molecular weight is 216 g/mol. The van der Waals surface area contributed by atoms with E-state index in [0.29, 0.717) is 5.69 Å². The molecule has 0 bridgehead atoms. The van der Waals surface area contributed by atoms with E-state index in [0.717, 1.165) is 16.8 Å². The van der Waals surface area contributed by atoms with E-state index in [1.54, 1.807) is 6.20 Å². The van der Waals surface area contributed by atoms with Crippen LogP contribution in [0, 0.1) is 0 Å². The first kappa shape index (κ1) is 8.33. The molecule has 0 aliphatic heterocycles. The SMILES string of the molecule is CCNc1ncc(N)cc1Br. The van der Waals surface area contributed by atoms with Gasteiger partial charge in [0.15, 0.2) is 0 Å². The van der Waals surface area contributed by atoms with Crippen molar-refractivity contribution < 1.29 is 0 Å². The summed E-state index contributed by atoms with van der Waals surface area (Å²) in [5, 5.41) is 3.09. The number of rotatable bonds is 2. The molecular weight excluding hydrogens is 206 g/mol. The molecule has 1 aromatic heterocycles. The number of hydrogen-bond donors (Lipinski definition) is 2. The summed E-state index contributed by atoms with van der Waals surface area (Å²) in [7, 11) is 0. The molecule has 0 amide bonds. The van der Waals surface area contributed by atoms with Crippen LogP contribution in [0.1, 0.15) is 6.92 Å². The molecule has 0 unspecified atom stereocenters. The van der Waals surface area contributed by atoms with Gasteiger partial charge in [0.25, 0.3) is 0 Å². The quantitative estimate of drug-likeness (QED) is 0.793. The number of nitrogens with two attached hydrogens (primary N) is 1. The van der Waals surface area contributed by atoms with Gasteiger partial charge < -0.3 is 11.1 Å². The molecule has 3 nitrogen and oxygen atoms in total. The van der Waals surface area contributed by atoms with Crippen molar-refractivity contribution in [3.05, 3.63) is 16.7 Å². The van der Waals surface area contributed by atoms with Crippen LogP contribution in [0.3, 0.4) is 0 Å². The molecule has 60 valence electrons. The van der Waals surface area contributed by atoms with E-state index in [2.05, 4.69) is 26.2 Å². The summed E-state index contributed by atoms with van der Waals surface area (Å²) in [5.74, 6) is 0.835. The predicted octanol–water partition coefficient (Wildman–Crippen LogP) is 1.86. The molecule has 0 aliphatic carbocycles. The van der Waals surface area contributed by atoms with Gasteiger partial charge in [0.05, 0.1) is 16.4 Å². The summed E-state index contributed by atoms with van der Waals surface area (Å²) in [6, 6.07) is 1.82. The number of halogens is 1. The Morgan fingerprint density at radius 2 is 2.45 bits per heavy atom.